The lowest BCUT2D eigenvalue weighted by molar-refractivity contribution is -0.139. The van der Waals surface area contributed by atoms with E-state index in [4.69, 9.17) is 14.2 Å². The molecule has 1 atom stereocenters. The molecule has 2 aliphatic heterocycles. The van der Waals surface area contributed by atoms with Crippen LogP contribution in [-0.2, 0) is 9.53 Å². The number of nitrogens with zero attached hydrogens (tertiary/aromatic N) is 2. The fraction of sp³-hybridized carbons (Fsp3) is 0.208. The molecule has 0 radical (unpaired) electrons. The van der Waals surface area contributed by atoms with Crippen LogP contribution in [0.25, 0.3) is 6.08 Å². The fourth-order valence-electron chi connectivity index (χ4n) is 3.95. The molecule has 0 unspecified atom stereocenters. The van der Waals surface area contributed by atoms with E-state index in [9.17, 15) is 14.7 Å². The van der Waals surface area contributed by atoms with E-state index < -0.39 is 12.0 Å². The molecule has 10 heteroatoms. The van der Waals surface area contributed by atoms with E-state index in [-0.39, 0.29) is 24.7 Å². The number of phenolic OH excluding ortho intramolecular Hbond substituents is 1. The highest BCUT2D eigenvalue weighted by Crippen LogP contribution is 2.38. The minimum atomic E-state index is -0.737. The van der Waals surface area contributed by atoms with E-state index in [1.165, 1.54) is 15.9 Å². The number of aromatic hydroxyl groups is 1. The van der Waals surface area contributed by atoms with Crippen molar-refractivity contribution in [3.8, 4) is 17.2 Å². The third-order valence-corrected chi connectivity index (χ3v) is 7.12. The summed E-state index contributed by atoms with van der Waals surface area (Å²) in [5.74, 6) is 0.734. The number of esters is 1. The number of phenols is 1. The molecule has 2 aromatic carbocycles. The quantitative estimate of drug-likeness (QED) is 0.509. The lowest BCUT2D eigenvalue weighted by Gasteiger charge is -2.24. The first-order valence-electron chi connectivity index (χ1n) is 10.4. The van der Waals surface area contributed by atoms with Crippen molar-refractivity contribution in [2.75, 3.05) is 13.4 Å². The SMILES string of the molecule is CCOC(=O)C1=C(C)N=c2s/c(=C\c3ccc(O)c(Br)c3)c(=O)n2[C@@H]1c1ccc2c(c1)OCO2. The highest BCUT2D eigenvalue weighted by molar-refractivity contribution is 9.10. The maximum Gasteiger partial charge on any atom is 0.338 e. The number of aromatic nitrogens is 1. The van der Waals surface area contributed by atoms with Gasteiger partial charge in [-0.15, -0.1) is 0 Å². The second-order valence-electron chi connectivity index (χ2n) is 7.63. The van der Waals surface area contributed by atoms with E-state index in [0.717, 1.165) is 5.56 Å². The van der Waals surface area contributed by atoms with Gasteiger partial charge in [0.25, 0.3) is 5.56 Å². The van der Waals surface area contributed by atoms with Crippen molar-refractivity contribution in [2.24, 2.45) is 4.99 Å². The second-order valence-corrected chi connectivity index (χ2v) is 9.49. The molecule has 1 aromatic heterocycles. The molecule has 0 bridgehead atoms. The molecule has 3 aromatic rings. The van der Waals surface area contributed by atoms with Crippen LogP contribution in [0.15, 0.2) is 61.9 Å². The van der Waals surface area contributed by atoms with Crippen LogP contribution in [0.5, 0.6) is 17.2 Å². The summed E-state index contributed by atoms with van der Waals surface area (Å²) in [6.45, 7) is 3.78. The van der Waals surface area contributed by atoms with Gasteiger partial charge in [-0.05, 0) is 71.2 Å². The average molecular weight is 543 g/mol. The highest BCUT2D eigenvalue weighted by atomic mass is 79.9. The van der Waals surface area contributed by atoms with Crippen LogP contribution >= 0.6 is 27.3 Å². The zero-order chi connectivity index (χ0) is 24.0. The van der Waals surface area contributed by atoms with E-state index >= 15 is 0 Å². The number of fused-ring (bicyclic) bond motifs is 2. The summed E-state index contributed by atoms with van der Waals surface area (Å²) in [6.07, 6.45) is 1.73. The predicted molar refractivity (Wildman–Crippen MR) is 129 cm³/mol. The van der Waals surface area contributed by atoms with Gasteiger partial charge in [0.05, 0.1) is 32.9 Å². The van der Waals surface area contributed by atoms with Crippen LogP contribution in [0.3, 0.4) is 0 Å². The summed E-state index contributed by atoms with van der Waals surface area (Å²) >= 11 is 4.53. The zero-order valence-corrected chi connectivity index (χ0v) is 20.6. The zero-order valence-electron chi connectivity index (χ0n) is 18.2. The standard InChI is InChI=1S/C24H19BrN2O6S/c1-3-31-23(30)20-12(2)26-24-27(21(20)14-5-7-17-18(10-14)33-11-32-17)22(29)19(34-24)9-13-4-6-16(28)15(25)8-13/h4-10,21,28H,3,11H2,1-2H3/b19-9-/t21-/m1/s1. The Labute approximate surface area is 206 Å². The van der Waals surface area contributed by atoms with Gasteiger partial charge in [-0.2, -0.15) is 0 Å². The van der Waals surface area contributed by atoms with Crippen molar-refractivity contribution < 1.29 is 24.1 Å². The van der Waals surface area contributed by atoms with Crippen LogP contribution < -0.4 is 24.4 Å². The second kappa shape index (κ2) is 8.77. The Morgan fingerprint density at radius 2 is 2.09 bits per heavy atom. The molecule has 0 saturated heterocycles. The summed E-state index contributed by atoms with van der Waals surface area (Å²) < 4.78 is 18.7. The molecule has 1 N–H and O–H groups in total. The van der Waals surface area contributed by atoms with Crippen molar-refractivity contribution in [2.45, 2.75) is 19.9 Å². The summed E-state index contributed by atoms with van der Waals surface area (Å²) in [5.41, 5.74) is 1.91. The van der Waals surface area contributed by atoms with Gasteiger partial charge >= 0.3 is 5.97 Å². The van der Waals surface area contributed by atoms with Gasteiger partial charge in [-0.3, -0.25) is 9.36 Å². The first kappa shape index (κ1) is 22.4. The molecule has 5 rings (SSSR count). The minimum absolute atomic E-state index is 0.108. The van der Waals surface area contributed by atoms with Crippen LogP contribution in [-0.4, -0.2) is 29.0 Å². The molecule has 34 heavy (non-hydrogen) atoms. The van der Waals surface area contributed by atoms with E-state index in [2.05, 4.69) is 20.9 Å². The third kappa shape index (κ3) is 3.82. The van der Waals surface area contributed by atoms with Gasteiger partial charge in [0.2, 0.25) is 6.79 Å². The molecule has 0 saturated carbocycles. The third-order valence-electron chi connectivity index (χ3n) is 5.50. The van der Waals surface area contributed by atoms with Crippen LogP contribution in [0.2, 0.25) is 0 Å². The van der Waals surface area contributed by atoms with Crippen molar-refractivity contribution >= 4 is 39.3 Å². The molecule has 0 amide bonds. The maximum absolute atomic E-state index is 13.6. The first-order valence-corrected chi connectivity index (χ1v) is 12.1. The number of rotatable bonds is 4. The number of ether oxygens (including phenoxy) is 3. The first-order chi connectivity index (χ1) is 16.4. The van der Waals surface area contributed by atoms with Gasteiger partial charge < -0.3 is 19.3 Å². The molecular formula is C24H19BrN2O6S. The minimum Gasteiger partial charge on any atom is -0.507 e. The molecule has 8 nitrogen and oxygen atoms in total. The fourth-order valence-corrected chi connectivity index (χ4v) is 5.40. The number of thiazole rings is 1. The lowest BCUT2D eigenvalue weighted by atomic mass is 9.95. The Hall–Kier alpha value is -3.37. The van der Waals surface area contributed by atoms with Crippen LogP contribution in [0.4, 0.5) is 0 Å². The normalized spacial score (nSPS) is 16.9. The number of benzene rings is 2. The summed E-state index contributed by atoms with van der Waals surface area (Å²) in [5, 5.41) is 9.77. The number of hydrogen-bond acceptors (Lipinski definition) is 8. The topological polar surface area (TPSA) is 99.4 Å². The van der Waals surface area contributed by atoms with Gasteiger partial charge in [0.15, 0.2) is 16.3 Å². The van der Waals surface area contributed by atoms with Crippen LogP contribution in [0, 0.1) is 0 Å². The monoisotopic (exact) mass is 542 g/mol. The van der Waals surface area contributed by atoms with E-state index in [0.29, 0.717) is 42.1 Å². The predicted octanol–water partition coefficient (Wildman–Crippen LogP) is 3.00. The van der Waals surface area contributed by atoms with Crippen molar-refractivity contribution in [1.82, 2.24) is 4.57 Å². The Morgan fingerprint density at radius 1 is 1.29 bits per heavy atom. The van der Waals surface area contributed by atoms with Gasteiger partial charge in [-0.25, -0.2) is 9.79 Å². The van der Waals surface area contributed by atoms with Crippen molar-refractivity contribution in [1.29, 1.82) is 0 Å². The van der Waals surface area contributed by atoms with Gasteiger partial charge in [0.1, 0.15) is 5.75 Å². The van der Waals surface area contributed by atoms with E-state index in [1.54, 1.807) is 50.3 Å². The Kier molecular flexibility index (Phi) is 5.78. The number of halogens is 1. The highest BCUT2D eigenvalue weighted by Gasteiger charge is 2.34. The molecule has 0 spiro atoms. The number of allylic oxidation sites excluding steroid dienone is 1. The molecule has 0 fully saturated rings. The largest absolute Gasteiger partial charge is 0.507 e. The van der Waals surface area contributed by atoms with Crippen molar-refractivity contribution in [3.05, 3.63) is 83.0 Å². The maximum atomic E-state index is 13.6. The summed E-state index contributed by atoms with van der Waals surface area (Å²) in [4.78, 5) is 31.6. The number of carbonyl (C=O) groups excluding carboxylic acids is 1. The van der Waals surface area contributed by atoms with Crippen LogP contribution in [0.1, 0.15) is 31.0 Å². The average Bonchev–Trinajstić information content (AvgIpc) is 3.39. The summed E-state index contributed by atoms with van der Waals surface area (Å²) in [6, 6.07) is 9.59. The van der Waals surface area contributed by atoms with Gasteiger partial charge in [-0.1, -0.05) is 23.5 Å². The molecule has 0 aliphatic carbocycles. The smallest absolute Gasteiger partial charge is 0.338 e. The number of hydrogen-bond donors (Lipinski definition) is 1. The summed E-state index contributed by atoms with van der Waals surface area (Å²) in [7, 11) is 0. The van der Waals surface area contributed by atoms with Crippen molar-refractivity contribution in [3.63, 3.8) is 0 Å². The number of carbonyl (C=O) groups is 1. The molecule has 174 valence electrons. The Balaban J connectivity index is 1.72. The lowest BCUT2D eigenvalue weighted by Crippen LogP contribution is -2.39. The van der Waals surface area contributed by atoms with E-state index in [1.807, 2.05) is 6.07 Å². The molecular weight excluding hydrogens is 524 g/mol. The Bertz CT molecular complexity index is 1540. The van der Waals surface area contributed by atoms with Gasteiger partial charge in [0, 0.05) is 0 Å². The Morgan fingerprint density at radius 3 is 2.85 bits per heavy atom. The molecule has 2 aliphatic rings. The molecule has 3 heterocycles.